The molecule has 2 N–H and O–H groups in total. The summed E-state index contributed by atoms with van der Waals surface area (Å²) in [6.07, 6.45) is 4.10. The Labute approximate surface area is 93.0 Å². The Morgan fingerprint density at radius 2 is 2.20 bits per heavy atom. The van der Waals surface area contributed by atoms with E-state index < -0.39 is 0 Å². The van der Waals surface area contributed by atoms with Gasteiger partial charge in [-0.1, -0.05) is 13.8 Å². The summed E-state index contributed by atoms with van der Waals surface area (Å²) >= 11 is 0. The molecule has 0 spiro atoms. The first kappa shape index (κ1) is 11.4. The summed E-state index contributed by atoms with van der Waals surface area (Å²) in [5.41, 5.74) is 6.28. The molecule has 3 nitrogen and oxygen atoms in total. The molecule has 1 aliphatic carbocycles. The van der Waals surface area contributed by atoms with Crippen molar-refractivity contribution < 1.29 is 4.74 Å². The third-order valence-corrected chi connectivity index (χ3v) is 4.10. The molecule has 1 aliphatic heterocycles. The lowest BCUT2D eigenvalue weighted by Crippen LogP contribution is -2.64. The van der Waals surface area contributed by atoms with Gasteiger partial charge >= 0.3 is 0 Å². The third-order valence-electron chi connectivity index (χ3n) is 4.10. The number of nitrogens with zero attached hydrogens (tertiary/aromatic N) is 1. The summed E-state index contributed by atoms with van der Waals surface area (Å²) in [7, 11) is 0. The molecule has 15 heavy (non-hydrogen) atoms. The van der Waals surface area contributed by atoms with Gasteiger partial charge in [0.2, 0.25) is 0 Å². The number of rotatable bonds is 3. The zero-order valence-electron chi connectivity index (χ0n) is 10.0. The minimum absolute atomic E-state index is 0.316. The van der Waals surface area contributed by atoms with E-state index in [0.29, 0.717) is 11.6 Å². The van der Waals surface area contributed by atoms with Crippen molar-refractivity contribution in [3.05, 3.63) is 0 Å². The molecule has 1 saturated heterocycles. The van der Waals surface area contributed by atoms with Crippen molar-refractivity contribution in [3.8, 4) is 0 Å². The summed E-state index contributed by atoms with van der Waals surface area (Å²) in [4.78, 5) is 2.59. The van der Waals surface area contributed by atoms with E-state index >= 15 is 0 Å². The van der Waals surface area contributed by atoms with Crippen LogP contribution in [0.25, 0.3) is 0 Å². The van der Waals surface area contributed by atoms with E-state index in [1.807, 2.05) is 0 Å². The Hall–Kier alpha value is -0.120. The van der Waals surface area contributed by atoms with Crippen LogP contribution in [0.1, 0.15) is 33.1 Å². The predicted octanol–water partition coefficient (Wildman–Crippen LogP) is 1.22. The number of hydrogen-bond acceptors (Lipinski definition) is 3. The van der Waals surface area contributed by atoms with Gasteiger partial charge in [0.15, 0.2) is 0 Å². The van der Waals surface area contributed by atoms with Gasteiger partial charge in [-0.25, -0.2) is 0 Å². The summed E-state index contributed by atoms with van der Waals surface area (Å²) < 4.78 is 5.71. The highest BCUT2D eigenvalue weighted by Crippen LogP contribution is 2.42. The topological polar surface area (TPSA) is 38.5 Å². The van der Waals surface area contributed by atoms with E-state index in [2.05, 4.69) is 18.7 Å². The van der Waals surface area contributed by atoms with Crippen LogP contribution in [-0.2, 0) is 4.74 Å². The molecule has 1 atom stereocenters. The number of morpholine rings is 1. The second-order valence-corrected chi connectivity index (χ2v) is 5.29. The highest BCUT2D eigenvalue weighted by molar-refractivity contribution is 5.03. The minimum Gasteiger partial charge on any atom is -0.376 e. The van der Waals surface area contributed by atoms with E-state index in [0.717, 1.165) is 38.6 Å². The first-order valence-electron chi connectivity index (χ1n) is 6.27. The van der Waals surface area contributed by atoms with Gasteiger partial charge in [-0.3, -0.25) is 4.90 Å². The zero-order valence-corrected chi connectivity index (χ0v) is 10.0. The molecule has 2 aliphatic rings. The Balaban J connectivity index is 1.96. The maximum Gasteiger partial charge on any atom is 0.0700 e. The Bertz CT molecular complexity index is 214. The lowest BCUT2D eigenvalue weighted by molar-refractivity contribution is -0.103. The predicted molar refractivity (Wildman–Crippen MR) is 61.8 cm³/mol. The van der Waals surface area contributed by atoms with Crippen LogP contribution in [0.15, 0.2) is 0 Å². The summed E-state index contributed by atoms with van der Waals surface area (Å²) in [6.45, 7) is 8.38. The van der Waals surface area contributed by atoms with Crippen LogP contribution in [0.3, 0.4) is 0 Å². The molecule has 2 rings (SSSR count). The summed E-state index contributed by atoms with van der Waals surface area (Å²) in [5.74, 6) is 0.858. The van der Waals surface area contributed by atoms with E-state index in [1.54, 1.807) is 0 Å². The van der Waals surface area contributed by atoms with Crippen LogP contribution < -0.4 is 5.73 Å². The average Bonchev–Trinajstić information content (AvgIpc) is 2.24. The zero-order chi connectivity index (χ0) is 10.9. The molecule has 3 heteroatoms. The minimum atomic E-state index is 0.316. The maximum atomic E-state index is 5.97. The number of nitrogens with two attached hydrogens (primary N) is 1. The standard InChI is InChI=1S/C12H24N2O/c1-3-11-8-14(4-5-15-11)12(9-13)6-10(2)7-12/h10-11H,3-9,13H2,1-2H3. The molecule has 1 heterocycles. The Morgan fingerprint density at radius 1 is 1.47 bits per heavy atom. The molecule has 1 saturated carbocycles. The molecule has 0 bridgehead atoms. The van der Waals surface area contributed by atoms with E-state index in [1.165, 1.54) is 12.8 Å². The van der Waals surface area contributed by atoms with Crippen molar-refractivity contribution in [2.75, 3.05) is 26.2 Å². The SMILES string of the molecule is CCC1CN(C2(CN)CC(C)C2)CCO1. The Kier molecular flexibility index (Phi) is 3.33. The van der Waals surface area contributed by atoms with Crippen molar-refractivity contribution in [1.29, 1.82) is 0 Å². The van der Waals surface area contributed by atoms with Gasteiger partial charge in [-0.2, -0.15) is 0 Å². The fourth-order valence-corrected chi connectivity index (χ4v) is 3.19. The molecule has 88 valence electrons. The second kappa shape index (κ2) is 4.40. The van der Waals surface area contributed by atoms with Gasteiger partial charge < -0.3 is 10.5 Å². The van der Waals surface area contributed by atoms with Gasteiger partial charge in [-0.05, 0) is 25.2 Å². The lowest BCUT2D eigenvalue weighted by Gasteiger charge is -2.55. The molecule has 0 radical (unpaired) electrons. The smallest absolute Gasteiger partial charge is 0.0700 e. The van der Waals surface area contributed by atoms with Gasteiger partial charge in [0, 0.05) is 25.2 Å². The van der Waals surface area contributed by atoms with Crippen molar-refractivity contribution in [1.82, 2.24) is 4.90 Å². The third kappa shape index (κ3) is 2.05. The number of ether oxygens (including phenoxy) is 1. The molecule has 1 unspecified atom stereocenters. The number of hydrogen-bond donors (Lipinski definition) is 1. The molecule has 0 aromatic heterocycles. The van der Waals surface area contributed by atoms with E-state index in [4.69, 9.17) is 10.5 Å². The first-order chi connectivity index (χ1) is 7.20. The van der Waals surface area contributed by atoms with Crippen molar-refractivity contribution in [3.63, 3.8) is 0 Å². The van der Waals surface area contributed by atoms with Crippen LogP contribution >= 0.6 is 0 Å². The van der Waals surface area contributed by atoms with Crippen LogP contribution in [0, 0.1) is 5.92 Å². The molecule has 0 aromatic carbocycles. The van der Waals surface area contributed by atoms with Crippen molar-refractivity contribution in [2.24, 2.45) is 11.7 Å². The van der Waals surface area contributed by atoms with Crippen LogP contribution in [0.2, 0.25) is 0 Å². The van der Waals surface area contributed by atoms with Gasteiger partial charge in [0.05, 0.1) is 12.7 Å². The molecular weight excluding hydrogens is 188 g/mol. The molecule has 0 aromatic rings. The normalized spacial score (nSPS) is 42.6. The lowest BCUT2D eigenvalue weighted by atomic mass is 9.67. The molecule has 2 fully saturated rings. The largest absolute Gasteiger partial charge is 0.376 e. The highest BCUT2D eigenvalue weighted by Gasteiger charge is 2.46. The van der Waals surface area contributed by atoms with E-state index in [9.17, 15) is 0 Å². The fraction of sp³-hybridized carbons (Fsp3) is 1.00. The van der Waals surface area contributed by atoms with Crippen LogP contribution in [0.4, 0.5) is 0 Å². The van der Waals surface area contributed by atoms with E-state index in [-0.39, 0.29) is 0 Å². The van der Waals surface area contributed by atoms with Gasteiger partial charge in [-0.15, -0.1) is 0 Å². The first-order valence-corrected chi connectivity index (χ1v) is 6.27. The van der Waals surface area contributed by atoms with Gasteiger partial charge in [0.1, 0.15) is 0 Å². The molecule has 0 amide bonds. The highest BCUT2D eigenvalue weighted by atomic mass is 16.5. The van der Waals surface area contributed by atoms with Crippen LogP contribution in [-0.4, -0.2) is 42.8 Å². The van der Waals surface area contributed by atoms with Crippen molar-refractivity contribution >= 4 is 0 Å². The summed E-state index contributed by atoms with van der Waals surface area (Å²) in [5, 5.41) is 0. The fourth-order valence-electron chi connectivity index (χ4n) is 3.19. The monoisotopic (exact) mass is 212 g/mol. The quantitative estimate of drug-likeness (QED) is 0.764. The summed E-state index contributed by atoms with van der Waals surface area (Å²) in [6, 6.07) is 0. The van der Waals surface area contributed by atoms with Crippen LogP contribution in [0.5, 0.6) is 0 Å². The van der Waals surface area contributed by atoms with Gasteiger partial charge in [0.25, 0.3) is 0 Å². The Morgan fingerprint density at radius 3 is 2.73 bits per heavy atom. The van der Waals surface area contributed by atoms with Crippen molar-refractivity contribution in [2.45, 2.75) is 44.8 Å². The molecular formula is C12H24N2O. The maximum absolute atomic E-state index is 5.97. The average molecular weight is 212 g/mol. The second-order valence-electron chi connectivity index (χ2n) is 5.29.